The van der Waals surface area contributed by atoms with Crippen molar-refractivity contribution in [3.63, 3.8) is 0 Å². The smallest absolute Gasteiger partial charge is 0.318 e. The molecule has 0 unspecified atom stereocenters. The normalized spacial score (nSPS) is 11.4. The Hall–Kier alpha value is -1.32. The van der Waals surface area contributed by atoms with Gasteiger partial charge in [-0.2, -0.15) is 0 Å². The van der Waals surface area contributed by atoms with Crippen LogP contribution in [0.1, 0.15) is 25.4 Å². The SMILES string of the molecule is COC(=O)C(C)(C)c1ncc(C)[nH]1. The zero-order valence-electron chi connectivity index (χ0n) is 8.34. The first kappa shape index (κ1) is 9.77. The Bertz CT molecular complexity index is 315. The Labute approximate surface area is 77.3 Å². The Morgan fingerprint density at radius 2 is 2.23 bits per heavy atom. The molecule has 4 heteroatoms. The molecule has 0 bridgehead atoms. The van der Waals surface area contributed by atoms with Crippen LogP contribution in [-0.2, 0) is 14.9 Å². The third kappa shape index (κ3) is 1.71. The second kappa shape index (κ2) is 3.20. The number of carbonyl (C=O) groups is 1. The highest BCUT2D eigenvalue weighted by atomic mass is 16.5. The predicted octanol–water partition coefficient (Wildman–Crippen LogP) is 1.17. The number of nitrogens with zero attached hydrogens (tertiary/aromatic N) is 1. The maximum absolute atomic E-state index is 11.4. The highest BCUT2D eigenvalue weighted by Crippen LogP contribution is 2.21. The summed E-state index contributed by atoms with van der Waals surface area (Å²) in [5.74, 6) is 0.346. The van der Waals surface area contributed by atoms with Gasteiger partial charge in [0.1, 0.15) is 11.2 Å². The van der Waals surface area contributed by atoms with Crippen LogP contribution in [0, 0.1) is 6.92 Å². The van der Waals surface area contributed by atoms with Crippen molar-refractivity contribution in [2.45, 2.75) is 26.2 Å². The lowest BCUT2D eigenvalue weighted by Gasteiger charge is -2.18. The molecule has 0 atom stereocenters. The third-order valence-corrected chi connectivity index (χ3v) is 1.99. The van der Waals surface area contributed by atoms with Gasteiger partial charge in [0.05, 0.1) is 7.11 Å². The molecule has 0 radical (unpaired) electrons. The average Bonchev–Trinajstić information content (AvgIpc) is 2.50. The fourth-order valence-electron chi connectivity index (χ4n) is 1.08. The summed E-state index contributed by atoms with van der Waals surface area (Å²) in [6, 6.07) is 0. The molecule has 13 heavy (non-hydrogen) atoms. The van der Waals surface area contributed by atoms with Crippen LogP contribution < -0.4 is 0 Å². The molecule has 0 aliphatic rings. The number of aryl methyl sites for hydroxylation is 1. The summed E-state index contributed by atoms with van der Waals surface area (Å²) >= 11 is 0. The molecule has 0 aromatic carbocycles. The van der Waals surface area contributed by atoms with Crippen molar-refractivity contribution in [2.24, 2.45) is 0 Å². The van der Waals surface area contributed by atoms with Gasteiger partial charge in [-0.15, -0.1) is 0 Å². The molecule has 0 amide bonds. The van der Waals surface area contributed by atoms with E-state index in [1.807, 2.05) is 6.92 Å². The lowest BCUT2D eigenvalue weighted by molar-refractivity contribution is -0.146. The van der Waals surface area contributed by atoms with Crippen LogP contribution in [0.5, 0.6) is 0 Å². The van der Waals surface area contributed by atoms with Crippen LogP contribution >= 0.6 is 0 Å². The van der Waals surface area contributed by atoms with Gasteiger partial charge < -0.3 is 9.72 Å². The van der Waals surface area contributed by atoms with Crippen LogP contribution in [0.2, 0.25) is 0 Å². The molecule has 1 aromatic heterocycles. The number of H-pyrrole nitrogens is 1. The minimum atomic E-state index is -0.705. The Balaban J connectivity index is 2.99. The summed E-state index contributed by atoms with van der Waals surface area (Å²) in [5.41, 5.74) is 0.232. The van der Waals surface area contributed by atoms with Gasteiger partial charge in [-0.3, -0.25) is 4.79 Å². The molecular formula is C9H14N2O2. The largest absolute Gasteiger partial charge is 0.468 e. The molecule has 0 aliphatic carbocycles. The van der Waals surface area contributed by atoms with Crippen LogP contribution in [0.3, 0.4) is 0 Å². The number of imidazole rings is 1. The number of aromatic nitrogens is 2. The molecule has 0 saturated carbocycles. The van der Waals surface area contributed by atoms with Gasteiger partial charge >= 0.3 is 5.97 Å². The quantitative estimate of drug-likeness (QED) is 0.698. The molecule has 1 N–H and O–H groups in total. The second-order valence-corrected chi connectivity index (χ2v) is 3.53. The summed E-state index contributed by atoms with van der Waals surface area (Å²) in [6.07, 6.45) is 1.69. The van der Waals surface area contributed by atoms with Crippen molar-refractivity contribution in [3.05, 3.63) is 17.7 Å². The van der Waals surface area contributed by atoms with Gasteiger partial charge in [0.15, 0.2) is 0 Å². The first-order chi connectivity index (χ1) is 5.98. The highest BCUT2D eigenvalue weighted by Gasteiger charge is 2.33. The van der Waals surface area contributed by atoms with E-state index in [4.69, 9.17) is 0 Å². The predicted molar refractivity (Wildman–Crippen MR) is 48.4 cm³/mol. The maximum Gasteiger partial charge on any atom is 0.318 e. The zero-order valence-corrected chi connectivity index (χ0v) is 8.34. The fourth-order valence-corrected chi connectivity index (χ4v) is 1.08. The fraction of sp³-hybridized carbons (Fsp3) is 0.556. The van der Waals surface area contributed by atoms with Crippen molar-refractivity contribution in [1.29, 1.82) is 0 Å². The van der Waals surface area contributed by atoms with E-state index >= 15 is 0 Å². The van der Waals surface area contributed by atoms with Crippen LogP contribution in [0.25, 0.3) is 0 Å². The van der Waals surface area contributed by atoms with Crippen LogP contribution in [0.15, 0.2) is 6.20 Å². The molecule has 72 valence electrons. The van der Waals surface area contributed by atoms with E-state index < -0.39 is 5.41 Å². The second-order valence-electron chi connectivity index (χ2n) is 3.53. The van der Waals surface area contributed by atoms with Crippen molar-refractivity contribution < 1.29 is 9.53 Å². The standard InChI is InChI=1S/C9H14N2O2/c1-6-5-10-7(11-6)9(2,3)8(12)13-4/h5H,1-4H3,(H,10,11). The lowest BCUT2D eigenvalue weighted by Crippen LogP contribution is -2.31. The van der Waals surface area contributed by atoms with Crippen LogP contribution in [-0.4, -0.2) is 23.0 Å². The van der Waals surface area contributed by atoms with E-state index in [1.54, 1.807) is 20.0 Å². The molecule has 1 rings (SSSR count). The number of esters is 1. The first-order valence-electron chi connectivity index (χ1n) is 4.09. The minimum absolute atomic E-state index is 0.290. The van der Waals surface area contributed by atoms with E-state index in [0.717, 1.165) is 5.69 Å². The monoisotopic (exact) mass is 182 g/mol. The summed E-state index contributed by atoms with van der Waals surface area (Å²) in [7, 11) is 1.37. The van der Waals surface area contributed by atoms with Gasteiger partial charge in [-0.05, 0) is 20.8 Å². The topological polar surface area (TPSA) is 55.0 Å². The molecule has 0 saturated heterocycles. The van der Waals surface area contributed by atoms with Gasteiger partial charge in [0, 0.05) is 11.9 Å². The number of hydrogen-bond donors (Lipinski definition) is 1. The number of hydrogen-bond acceptors (Lipinski definition) is 3. The van der Waals surface area contributed by atoms with E-state index in [2.05, 4.69) is 14.7 Å². The summed E-state index contributed by atoms with van der Waals surface area (Å²) in [4.78, 5) is 18.5. The number of methoxy groups -OCH3 is 1. The van der Waals surface area contributed by atoms with Gasteiger partial charge in [0.2, 0.25) is 0 Å². The van der Waals surface area contributed by atoms with Crippen molar-refractivity contribution in [3.8, 4) is 0 Å². The number of rotatable bonds is 2. The first-order valence-corrected chi connectivity index (χ1v) is 4.09. The summed E-state index contributed by atoms with van der Waals surface area (Å²) < 4.78 is 4.68. The van der Waals surface area contributed by atoms with Crippen molar-refractivity contribution in [2.75, 3.05) is 7.11 Å². The Morgan fingerprint density at radius 3 is 2.62 bits per heavy atom. The Morgan fingerprint density at radius 1 is 1.62 bits per heavy atom. The lowest BCUT2D eigenvalue weighted by atomic mass is 9.93. The molecule has 1 aromatic rings. The van der Waals surface area contributed by atoms with E-state index in [0.29, 0.717) is 5.82 Å². The minimum Gasteiger partial charge on any atom is -0.468 e. The van der Waals surface area contributed by atoms with Gasteiger partial charge in [-0.25, -0.2) is 4.98 Å². The average molecular weight is 182 g/mol. The number of nitrogens with one attached hydrogen (secondary N) is 1. The Kier molecular flexibility index (Phi) is 2.40. The molecule has 0 aliphatic heterocycles. The van der Waals surface area contributed by atoms with E-state index in [-0.39, 0.29) is 5.97 Å². The third-order valence-electron chi connectivity index (χ3n) is 1.99. The van der Waals surface area contributed by atoms with Gasteiger partial charge in [-0.1, -0.05) is 0 Å². The van der Waals surface area contributed by atoms with E-state index in [9.17, 15) is 4.79 Å². The number of carbonyl (C=O) groups excluding carboxylic acids is 1. The molecule has 0 fully saturated rings. The van der Waals surface area contributed by atoms with E-state index in [1.165, 1.54) is 7.11 Å². The maximum atomic E-state index is 11.4. The number of ether oxygens (including phenoxy) is 1. The molecular weight excluding hydrogens is 168 g/mol. The number of aromatic amines is 1. The zero-order chi connectivity index (χ0) is 10.1. The molecule has 0 spiro atoms. The molecule has 1 heterocycles. The van der Waals surface area contributed by atoms with Crippen molar-refractivity contribution in [1.82, 2.24) is 9.97 Å². The van der Waals surface area contributed by atoms with Crippen LogP contribution in [0.4, 0.5) is 0 Å². The van der Waals surface area contributed by atoms with Crippen molar-refractivity contribution >= 4 is 5.97 Å². The summed E-state index contributed by atoms with van der Waals surface area (Å²) in [5, 5.41) is 0. The molecule has 4 nitrogen and oxygen atoms in total. The highest BCUT2D eigenvalue weighted by molar-refractivity contribution is 5.80. The van der Waals surface area contributed by atoms with Gasteiger partial charge in [0.25, 0.3) is 0 Å². The summed E-state index contributed by atoms with van der Waals surface area (Å²) in [6.45, 7) is 5.44.